The second-order valence-corrected chi connectivity index (χ2v) is 6.22. The van der Waals surface area contributed by atoms with Crippen molar-refractivity contribution in [1.29, 1.82) is 0 Å². The lowest BCUT2D eigenvalue weighted by atomic mass is 10.0. The van der Waals surface area contributed by atoms with E-state index in [0.717, 1.165) is 22.1 Å². The summed E-state index contributed by atoms with van der Waals surface area (Å²) in [5, 5.41) is 13.8. The first kappa shape index (κ1) is 17.4. The topological polar surface area (TPSA) is 46.1 Å². The van der Waals surface area contributed by atoms with Crippen LogP contribution >= 0.6 is 0 Å². The monoisotopic (exact) mass is 340 g/mol. The maximum absolute atomic E-state index is 13.8. The highest BCUT2D eigenvalue weighted by atomic mass is 19.1. The van der Waals surface area contributed by atoms with E-state index in [-0.39, 0.29) is 18.5 Å². The van der Waals surface area contributed by atoms with Gasteiger partial charge in [0, 0.05) is 5.56 Å². The minimum absolute atomic E-state index is 0.189. The molecule has 0 aromatic heterocycles. The molecular weight excluding hydrogens is 317 g/mol. The van der Waals surface area contributed by atoms with Crippen LogP contribution in [0, 0.1) is 5.82 Å². The van der Waals surface area contributed by atoms with E-state index in [4.69, 9.17) is 4.74 Å². The van der Waals surface area contributed by atoms with Crippen molar-refractivity contribution in [3.8, 4) is 5.75 Å². The molecule has 0 unspecified atom stereocenters. The van der Waals surface area contributed by atoms with E-state index in [0.29, 0.717) is 18.7 Å². The molecule has 0 saturated carbocycles. The Bertz CT molecular complexity index is 848. The smallest absolute Gasteiger partial charge is 0.129 e. The van der Waals surface area contributed by atoms with Gasteiger partial charge in [-0.3, -0.25) is 0 Å². The number of aliphatic hydroxyl groups excluding tert-OH is 1. The summed E-state index contributed by atoms with van der Waals surface area (Å²) < 4.78 is 19.8. The summed E-state index contributed by atoms with van der Waals surface area (Å²) >= 11 is 0. The van der Waals surface area contributed by atoms with E-state index < -0.39 is 0 Å². The largest absolute Gasteiger partial charge is 0.488 e. The molecule has 0 radical (unpaired) electrons. The molecule has 0 aliphatic rings. The number of nitrogens with two attached hydrogens (primary N) is 1. The van der Waals surface area contributed by atoms with Crippen LogP contribution in [0.3, 0.4) is 0 Å². The quantitative estimate of drug-likeness (QED) is 0.694. The summed E-state index contributed by atoms with van der Waals surface area (Å²) in [6.45, 7) is 3.28. The van der Waals surface area contributed by atoms with Crippen LogP contribution in [0.4, 0.5) is 4.39 Å². The molecule has 0 aliphatic heterocycles. The molecule has 0 saturated heterocycles. The normalized spacial score (nSPS) is 12.3. The Hall–Kier alpha value is -2.43. The first-order valence-corrected chi connectivity index (χ1v) is 8.51. The second-order valence-electron chi connectivity index (χ2n) is 6.22. The summed E-state index contributed by atoms with van der Waals surface area (Å²) in [5.74, 6) is 0.495. The second kappa shape index (κ2) is 8.10. The molecule has 25 heavy (non-hydrogen) atoms. The van der Waals surface area contributed by atoms with Gasteiger partial charge in [0.2, 0.25) is 0 Å². The van der Waals surface area contributed by atoms with Gasteiger partial charge in [-0.05, 0) is 29.8 Å². The van der Waals surface area contributed by atoms with Crippen LogP contribution in [0.15, 0.2) is 60.7 Å². The number of benzene rings is 3. The Morgan fingerprint density at radius 1 is 1.04 bits per heavy atom. The number of rotatable bonds is 7. The summed E-state index contributed by atoms with van der Waals surface area (Å²) in [7, 11) is 0. The van der Waals surface area contributed by atoms with Crippen LogP contribution in [0.1, 0.15) is 18.1 Å². The molecule has 3 aromatic carbocycles. The van der Waals surface area contributed by atoms with Crippen LogP contribution in [-0.4, -0.2) is 17.8 Å². The number of ether oxygens (including phenoxy) is 1. The molecule has 0 aliphatic carbocycles. The van der Waals surface area contributed by atoms with Gasteiger partial charge in [-0.1, -0.05) is 48.5 Å². The fourth-order valence-electron chi connectivity index (χ4n) is 2.90. The predicted octanol–water partition coefficient (Wildman–Crippen LogP) is 3.00. The Morgan fingerprint density at radius 2 is 1.80 bits per heavy atom. The lowest BCUT2D eigenvalue weighted by Crippen LogP contribution is -2.84. The van der Waals surface area contributed by atoms with Crippen molar-refractivity contribution in [3.63, 3.8) is 0 Å². The van der Waals surface area contributed by atoms with Gasteiger partial charge in [0.05, 0.1) is 11.7 Å². The molecular formula is C21H23FNO2+. The molecule has 0 fully saturated rings. The Labute approximate surface area is 147 Å². The average Bonchev–Trinajstić information content (AvgIpc) is 2.61. The van der Waals surface area contributed by atoms with E-state index >= 15 is 0 Å². The lowest BCUT2D eigenvalue weighted by molar-refractivity contribution is -0.675. The summed E-state index contributed by atoms with van der Waals surface area (Å²) in [5.41, 5.74) is 1.60. The van der Waals surface area contributed by atoms with Crippen molar-refractivity contribution in [2.45, 2.75) is 26.2 Å². The third kappa shape index (κ3) is 4.35. The first-order chi connectivity index (χ1) is 12.1. The summed E-state index contributed by atoms with van der Waals surface area (Å²) in [4.78, 5) is 0. The zero-order valence-corrected chi connectivity index (χ0v) is 14.3. The van der Waals surface area contributed by atoms with Crippen molar-refractivity contribution < 1.29 is 19.6 Å². The van der Waals surface area contributed by atoms with E-state index in [2.05, 4.69) is 17.4 Å². The minimum Gasteiger partial charge on any atom is -0.488 e. The third-order valence-electron chi connectivity index (χ3n) is 4.19. The molecule has 3 N–H and O–H groups in total. The van der Waals surface area contributed by atoms with Gasteiger partial charge >= 0.3 is 0 Å². The summed E-state index contributed by atoms with van der Waals surface area (Å²) in [6.07, 6.45) is -0.363. The Morgan fingerprint density at radius 3 is 2.60 bits per heavy atom. The minimum atomic E-state index is -0.363. The van der Waals surface area contributed by atoms with E-state index in [1.54, 1.807) is 25.1 Å². The van der Waals surface area contributed by atoms with E-state index in [1.165, 1.54) is 6.07 Å². The van der Waals surface area contributed by atoms with Crippen LogP contribution in [0.5, 0.6) is 5.75 Å². The number of hydrogen-bond donors (Lipinski definition) is 2. The zero-order valence-electron chi connectivity index (χ0n) is 14.3. The van der Waals surface area contributed by atoms with Crippen LogP contribution in [0.25, 0.3) is 10.8 Å². The Kier molecular flexibility index (Phi) is 5.64. The van der Waals surface area contributed by atoms with Gasteiger partial charge < -0.3 is 15.2 Å². The van der Waals surface area contributed by atoms with Gasteiger partial charge in [-0.25, -0.2) is 4.39 Å². The zero-order chi connectivity index (χ0) is 17.6. The molecule has 3 rings (SSSR count). The maximum Gasteiger partial charge on any atom is 0.129 e. The molecule has 0 heterocycles. The third-order valence-corrected chi connectivity index (χ3v) is 4.19. The Balaban J connectivity index is 1.86. The molecule has 1 atom stereocenters. The number of aliphatic hydroxyl groups is 1. The number of hydrogen-bond acceptors (Lipinski definition) is 2. The van der Waals surface area contributed by atoms with Gasteiger partial charge in [0.1, 0.15) is 31.3 Å². The summed E-state index contributed by atoms with van der Waals surface area (Å²) in [6, 6.07) is 18.7. The molecule has 0 spiro atoms. The van der Waals surface area contributed by atoms with Crippen LogP contribution in [-0.2, 0) is 13.2 Å². The van der Waals surface area contributed by atoms with Crippen molar-refractivity contribution >= 4 is 10.8 Å². The molecule has 0 amide bonds. The molecule has 3 nitrogen and oxygen atoms in total. The fourth-order valence-corrected chi connectivity index (χ4v) is 2.90. The van der Waals surface area contributed by atoms with Gasteiger partial charge in [-0.15, -0.1) is 0 Å². The fraction of sp³-hybridized carbons (Fsp3) is 0.238. The first-order valence-electron chi connectivity index (χ1n) is 8.51. The van der Waals surface area contributed by atoms with Crippen LogP contribution in [0.2, 0.25) is 0 Å². The van der Waals surface area contributed by atoms with Crippen molar-refractivity contribution in [3.05, 3.63) is 77.6 Å². The van der Waals surface area contributed by atoms with Crippen molar-refractivity contribution in [2.24, 2.45) is 0 Å². The standard InChI is InChI=1S/C21H22FNO2/c1-15(24)12-23-13-19-18-8-4-2-6-16(18)10-11-21(19)25-14-17-7-3-5-9-20(17)22/h2-11,15,23-24H,12-14H2,1H3/p+1/t15-/m1/s1. The molecule has 4 heteroatoms. The van der Waals surface area contributed by atoms with Gasteiger partial charge in [0.25, 0.3) is 0 Å². The van der Waals surface area contributed by atoms with Crippen molar-refractivity contribution in [2.75, 3.05) is 6.54 Å². The highest BCUT2D eigenvalue weighted by Gasteiger charge is 2.12. The van der Waals surface area contributed by atoms with Crippen molar-refractivity contribution in [1.82, 2.24) is 0 Å². The van der Waals surface area contributed by atoms with Gasteiger partial charge in [0.15, 0.2) is 0 Å². The highest BCUT2D eigenvalue weighted by Crippen LogP contribution is 2.28. The van der Waals surface area contributed by atoms with E-state index in [9.17, 15) is 9.50 Å². The number of quaternary nitrogens is 1. The number of fused-ring (bicyclic) bond motifs is 1. The molecule has 130 valence electrons. The lowest BCUT2D eigenvalue weighted by Gasteiger charge is -2.14. The van der Waals surface area contributed by atoms with Crippen LogP contribution < -0.4 is 10.1 Å². The molecule has 0 bridgehead atoms. The average molecular weight is 340 g/mol. The van der Waals surface area contributed by atoms with Gasteiger partial charge in [-0.2, -0.15) is 0 Å². The van der Waals surface area contributed by atoms with E-state index in [1.807, 2.05) is 24.3 Å². The highest BCUT2D eigenvalue weighted by molar-refractivity contribution is 5.87. The SMILES string of the molecule is C[C@@H](O)C[NH2+]Cc1c(OCc2ccccc2F)ccc2ccccc12. The maximum atomic E-state index is 13.8. The predicted molar refractivity (Wildman–Crippen MR) is 96.9 cm³/mol. The number of halogens is 1. The molecule has 3 aromatic rings.